The van der Waals surface area contributed by atoms with E-state index in [1.54, 1.807) is 36.4 Å². The molecule has 0 aliphatic carbocycles. The van der Waals surface area contributed by atoms with Crippen LogP contribution in [0.1, 0.15) is 17.3 Å². The van der Waals surface area contributed by atoms with Crippen LogP contribution in [-0.4, -0.2) is 17.7 Å². The summed E-state index contributed by atoms with van der Waals surface area (Å²) in [7, 11) is 0. The number of hydrogen-bond donors (Lipinski definition) is 2. The first-order valence-electron chi connectivity index (χ1n) is 6.14. The van der Waals surface area contributed by atoms with Gasteiger partial charge < -0.3 is 20.3 Å². The third kappa shape index (κ3) is 3.00. The highest BCUT2D eigenvalue weighted by Crippen LogP contribution is 2.32. The SMILES string of the molecule is CCOc1ccc(Oc2c(N)cccc2C(=O)O)cc1. The van der Waals surface area contributed by atoms with Crippen molar-refractivity contribution in [3.63, 3.8) is 0 Å². The largest absolute Gasteiger partial charge is 0.494 e. The molecule has 0 aliphatic rings. The van der Waals surface area contributed by atoms with Gasteiger partial charge in [-0.3, -0.25) is 0 Å². The molecule has 0 atom stereocenters. The molecule has 0 spiro atoms. The highest BCUT2D eigenvalue weighted by atomic mass is 16.5. The van der Waals surface area contributed by atoms with Crippen LogP contribution in [-0.2, 0) is 0 Å². The van der Waals surface area contributed by atoms with Crippen LogP contribution < -0.4 is 15.2 Å². The number of benzene rings is 2. The summed E-state index contributed by atoms with van der Waals surface area (Å²) in [6.45, 7) is 2.48. The van der Waals surface area contributed by atoms with Crippen molar-refractivity contribution in [3.05, 3.63) is 48.0 Å². The smallest absolute Gasteiger partial charge is 0.339 e. The van der Waals surface area contributed by atoms with Gasteiger partial charge in [0, 0.05) is 0 Å². The Balaban J connectivity index is 2.27. The summed E-state index contributed by atoms with van der Waals surface area (Å²) in [6.07, 6.45) is 0. The molecule has 2 aromatic rings. The lowest BCUT2D eigenvalue weighted by Gasteiger charge is -2.11. The molecule has 2 aromatic carbocycles. The molecule has 0 aromatic heterocycles. The fourth-order valence-corrected chi connectivity index (χ4v) is 1.73. The average Bonchev–Trinajstić information content (AvgIpc) is 2.43. The van der Waals surface area contributed by atoms with Crippen LogP contribution in [0.2, 0.25) is 0 Å². The first-order chi connectivity index (χ1) is 9.61. The average molecular weight is 273 g/mol. The van der Waals surface area contributed by atoms with Gasteiger partial charge in [0.15, 0.2) is 5.75 Å². The zero-order chi connectivity index (χ0) is 14.5. The minimum absolute atomic E-state index is 0.0267. The van der Waals surface area contributed by atoms with Gasteiger partial charge in [0.05, 0.1) is 12.3 Å². The predicted molar refractivity (Wildman–Crippen MR) is 75.5 cm³/mol. The molecule has 0 aliphatic heterocycles. The first-order valence-corrected chi connectivity index (χ1v) is 6.14. The van der Waals surface area contributed by atoms with E-state index in [-0.39, 0.29) is 17.0 Å². The van der Waals surface area contributed by atoms with Crippen LogP contribution >= 0.6 is 0 Å². The Bertz CT molecular complexity index is 608. The van der Waals surface area contributed by atoms with E-state index >= 15 is 0 Å². The standard InChI is InChI=1S/C15H15NO4/c1-2-19-10-6-8-11(9-7-10)20-14-12(15(17)18)4-3-5-13(14)16/h3-9H,2,16H2,1H3,(H,17,18). The van der Waals surface area contributed by atoms with Crippen molar-refractivity contribution in [2.75, 3.05) is 12.3 Å². The number of nitrogens with two attached hydrogens (primary N) is 1. The second-order valence-corrected chi connectivity index (χ2v) is 4.04. The number of ether oxygens (including phenoxy) is 2. The van der Waals surface area contributed by atoms with Crippen LogP contribution in [0.5, 0.6) is 17.2 Å². The number of hydrogen-bond acceptors (Lipinski definition) is 4. The summed E-state index contributed by atoms with van der Waals surface area (Å²) in [6, 6.07) is 11.5. The molecule has 104 valence electrons. The van der Waals surface area contributed by atoms with Gasteiger partial charge in [0.2, 0.25) is 0 Å². The van der Waals surface area contributed by atoms with Crippen molar-refractivity contribution in [2.24, 2.45) is 0 Å². The summed E-state index contributed by atoms with van der Waals surface area (Å²) >= 11 is 0. The monoisotopic (exact) mass is 273 g/mol. The van der Waals surface area contributed by atoms with Crippen molar-refractivity contribution in [1.29, 1.82) is 0 Å². The number of anilines is 1. The van der Waals surface area contributed by atoms with Gasteiger partial charge in [-0.15, -0.1) is 0 Å². The molecule has 0 saturated heterocycles. The summed E-state index contributed by atoms with van der Waals surface area (Å²) in [5.41, 5.74) is 6.07. The minimum atomic E-state index is -1.08. The fraction of sp³-hybridized carbons (Fsp3) is 0.133. The van der Waals surface area contributed by atoms with Gasteiger partial charge in [-0.05, 0) is 43.3 Å². The van der Waals surface area contributed by atoms with E-state index in [4.69, 9.17) is 20.3 Å². The van der Waals surface area contributed by atoms with Gasteiger partial charge in [-0.2, -0.15) is 0 Å². The highest BCUT2D eigenvalue weighted by Gasteiger charge is 2.14. The fourth-order valence-electron chi connectivity index (χ4n) is 1.73. The van der Waals surface area contributed by atoms with E-state index in [1.807, 2.05) is 6.92 Å². The summed E-state index contributed by atoms with van der Waals surface area (Å²) < 4.78 is 10.9. The number of para-hydroxylation sites is 1. The second-order valence-electron chi connectivity index (χ2n) is 4.04. The van der Waals surface area contributed by atoms with Gasteiger partial charge >= 0.3 is 5.97 Å². The van der Waals surface area contributed by atoms with E-state index in [0.29, 0.717) is 12.4 Å². The van der Waals surface area contributed by atoms with E-state index < -0.39 is 5.97 Å². The summed E-state index contributed by atoms with van der Waals surface area (Å²) in [4.78, 5) is 11.1. The molecule has 5 nitrogen and oxygen atoms in total. The minimum Gasteiger partial charge on any atom is -0.494 e. The maximum atomic E-state index is 11.1. The van der Waals surface area contributed by atoms with Crippen LogP contribution in [0.25, 0.3) is 0 Å². The number of rotatable bonds is 5. The lowest BCUT2D eigenvalue weighted by molar-refractivity contribution is 0.0694. The molecule has 0 unspecified atom stereocenters. The lowest BCUT2D eigenvalue weighted by atomic mass is 10.1. The third-order valence-electron chi connectivity index (χ3n) is 2.63. The molecule has 0 fully saturated rings. The molecule has 20 heavy (non-hydrogen) atoms. The van der Waals surface area contributed by atoms with E-state index in [2.05, 4.69) is 0 Å². The Morgan fingerprint density at radius 2 is 1.80 bits per heavy atom. The topological polar surface area (TPSA) is 81.8 Å². The van der Waals surface area contributed by atoms with E-state index in [1.165, 1.54) is 6.07 Å². The molecule has 5 heteroatoms. The van der Waals surface area contributed by atoms with Gasteiger partial charge in [-0.1, -0.05) is 6.07 Å². The molecule has 3 N–H and O–H groups in total. The third-order valence-corrected chi connectivity index (χ3v) is 2.63. The van der Waals surface area contributed by atoms with Crippen molar-refractivity contribution in [3.8, 4) is 17.2 Å². The van der Waals surface area contributed by atoms with Gasteiger partial charge in [0.25, 0.3) is 0 Å². The van der Waals surface area contributed by atoms with Crippen LogP contribution in [0, 0.1) is 0 Å². The maximum absolute atomic E-state index is 11.1. The molecule has 2 rings (SSSR count). The number of carboxylic acid groups (broad SMARTS) is 1. The molecule has 0 amide bonds. The van der Waals surface area contributed by atoms with E-state index in [9.17, 15) is 4.79 Å². The van der Waals surface area contributed by atoms with Crippen LogP contribution in [0.3, 0.4) is 0 Å². The molecule has 0 heterocycles. The Kier molecular flexibility index (Phi) is 4.10. The molecular weight excluding hydrogens is 258 g/mol. The molecule has 0 bridgehead atoms. The lowest BCUT2D eigenvalue weighted by Crippen LogP contribution is -2.02. The normalized spacial score (nSPS) is 10.1. The molecule has 0 saturated carbocycles. The Morgan fingerprint density at radius 3 is 2.40 bits per heavy atom. The number of carboxylic acids is 1. The number of carbonyl (C=O) groups is 1. The Morgan fingerprint density at radius 1 is 1.15 bits per heavy atom. The van der Waals surface area contributed by atoms with Crippen molar-refractivity contribution >= 4 is 11.7 Å². The van der Waals surface area contributed by atoms with E-state index in [0.717, 1.165) is 5.75 Å². The summed E-state index contributed by atoms with van der Waals surface area (Å²) in [5, 5.41) is 9.13. The number of nitrogen functional groups attached to an aromatic ring is 1. The van der Waals surface area contributed by atoms with Crippen molar-refractivity contribution in [1.82, 2.24) is 0 Å². The molecule has 0 radical (unpaired) electrons. The maximum Gasteiger partial charge on any atom is 0.339 e. The van der Waals surface area contributed by atoms with Crippen LogP contribution in [0.4, 0.5) is 5.69 Å². The quantitative estimate of drug-likeness (QED) is 0.818. The highest BCUT2D eigenvalue weighted by molar-refractivity contribution is 5.93. The van der Waals surface area contributed by atoms with Gasteiger partial charge in [0.1, 0.15) is 17.1 Å². The summed E-state index contributed by atoms with van der Waals surface area (Å²) in [5.74, 6) is 0.274. The zero-order valence-corrected chi connectivity index (χ0v) is 11.0. The second kappa shape index (κ2) is 5.97. The number of aromatic carboxylic acids is 1. The van der Waals surface area contributed by atoms with Crippen LogP contribution in [0.15, 0.2) is 42.5 Å². The Labute approximate surface area is 116 Å². The predicted octanol–water partition coefficient (Wildman–Crippen LogP) is 3.16. The zero-order valence-electron chi connectivity index (χ0n) is 11.0. The Hall–Kier alpha value is -2.69. The van der Waals surface area contributed by atoms with Gasteiger partial charge in [-0.25, -0.2) is 4.79 Å². The molecular formula is C15H15NO4. The van der Waals surface area contributed by atoms with Crippen molar-refractivity contribution < 1.29 is 19.4 Å². The first kappa shape index (κ1) is 13.7. The van der Waals surface area contributed by atoms with Crippen molar-refractivity contribution in [2.45, 2.75) is 6.92 Å².